The minimum absolute atomic E-state index is 0.304. The Hall–Kier alpha value is -0.700. The van der Waals surface area contributed by atoms with Crippen molar-refractivity contribution >= 4 is 16.0 Å². The second-order valence-electron chi connectivity index (χ2n) is 16.9. The van der Waals surface area contributed by atoms with E-state index in [1.807, 2.05) is 0 Å². The SMILES string of the molecule is CCCCCCCCCCCCCCCCCCCCCCCCC(O)C(=O)NC(CS(=O)(=O)O)C(O)CCCCCCCCCCCCCCCCC. The molecule has 1 amide bonds. The second kappa shape index (κ2) is 40.5. The monoisotopic (exact) mass is 788 g/mol. The lowest BCUT2D eigenvalue weighted by atomic mass is 10.0. The number of carbonyl (C=O) groups excluding carboxylic acids is 1. The summed E-state index contributed by atoms with van der Waals surface area (Å²) in [6.45, 7) is 4.54. The van der Waals surface area contributed by atoms with Crippen molar-refractivity contribution in [2.75, 3.05) is 5.75 Å². The van der Waals surface area contributed by atoms with E-state index in [2.05, 4.69) is 19.2 Å². The topological polar surface area (TPSA) is 124 Å². The Morgan fingerprint density at radius 3 is 0.926 bits per heavy atom. The van der Waals surface area contributed by atoms with Crippen LogP contribution in [0.5, 0.6) is 0 Å². The zero-order valence-corrected chi connectivity index (χ0v) is 36.8. The first kappa shape index (κ1) is 53.3. The molecule has 4 N–H and O–H groups in total. The predicted octanol–water partition coefficient (Wildman–Crippen LogP) is 13.3. The third-order valence-electron chi connectivity index (χ3n) is 11.4. The van der Waals surface area contributed by atoms with Crippen molar-refractivity contribution in [1.82, 2.24) is 5.32 Å². The summed E-state index contributed by atoms with van der Waals surface area (Å²) in [5, 5.41) is 23.6. The average Bonchev–Trinajstić information content (AvgIpc) is 3.14. The molecule has 0 aromatic carbocycles. The van der Waals surface area contributed by atoms with Crippen LogP contribution in [0.25, 0.3) is 0 Å². The Morgan fingerprint density at radius 1 is 0.426 bits per heavy atom. The molecule has 0 aliphatic rings. The molecule has 0 aromatic heterocycles. The maximum atomic E-state index is 12.7. The van der Waals surface area contributed by atoms with Crippen molar-refractivity contribution in [2.24, 2.45) is 0 Å². The number of rotatable bonds is 44. The Labute approximate surface area is 336 Å². The van der Waals surface area contributed by atoms with Crippen molar-refractivity contribution in [3.8, 4) is 0 Å². The Kier molecular flexibility index (Phi) is 40.0. The molecule has 3 unspecified atom stereocenters. The van der Waals surface area contributed by atoms with Crippen LogP contribution in [0.4, 0.5) is 0 Å². The van der Waals surface area contributed by atoms with E-state index in [0.29, 0.717) is 12.8 Å². The van der Waals surface area contributed by atoms with Crippen LogP contribution in [0.2, 0.25) is 0 Å². The van der Waals surface area contributed by atoms with Gasteiger partial charge in [-0.3, -0.25) is 9.35 Å². The number of hydrogen-bond donors (Lipinski definition) is 4. The summed E-state index contributed by atoms with van der Waals surface area (Å²) in [4.78, 5) is 12.7. The van der Waals surface area contributed by atoms with Gasteiger partial charge in [0.2, 0.25) is 5.91 Å². The van der Waals surface area contributed by atoms with Gasteiger partial charge in [-0.2, -0.15) is 8.42 Å². The van der Waals surface area contributed by atoms with Gasteiger partial charge in [0.15, 0.2) is 0 Å². The lowest BCUT2D eigenvalue weighted by molar-refractivity contribution is -0.131. The smallest absolute Gasteiger partial charge is 0.266 e. The first-order valence-electron chi connectivity index (χ1n) is 23.8. The summed E-state index contributed by atoms with van der Waals surface area (Å²) in [7, 11) is -4.40. The molecule has 54 heavy (non-hydrogen) atoms. The van der Waals surface area contributed by atoms with Gasteiger partial charge in [0.1, 0.15) is 6.10 Å². The molecule has 0 aliphatic heterocycles. The molecular weight excluding hydrogens is 695 g/mol. The predicted molar refractivity (Wildman–Crippen MR) is 232 cm³/mol. The number of nitrogens with one attached hydrogen (secondary N) is 1. The number of carbonyl (C=O) groups is 1. The summed E-state index contributed by atoms with van der Waals surface area (Å²) in [5.41, 5.74) is 0. The normalized spacial score (nSPS) is 13.6. The molecule has 0 radical (unpaired) electrons. The van der Waals surface area contributed by atoms with Crippen molar-refractivity contribution in [1.29, 1.82) is 0 Å². The van der Waals surface area contributed by atoms with Crippen LogP contribution in [-0.4, -0.2) is 53.1 Å². The van der Waals surface area contributed by atoms with E-state index in [4.69, 9.17) is 0 Å². The van der Waals surface area contributed by atoms with Gasteiger partial charge in [0, 0.05) is 0 Å². The fourth-order valence-corrected chi connectivity index (χ4v) is 8.52. The number of hydrogen-bond acceptors (Lipinski definition) is 5. The van der Waals surface area contributed by atoms with Gasteiger partial charge in [-0.1, -0.05) is 251 Å². The Bertz CT molecular complexity index is 884. The van der Waals surface area contributed by atoms with Gasteiger partial charge in [-0.25, -0.2) is 0 Å². The standard InChI is InChI=1S/C46H93NO6S/c1-3-5-7-9-11-13-15-17-19-20-21-22-23-24-25-27-29-31-33-35-37-39-41-45(49)46(50)47-43(42-54(51,52)53)44(48)40-38-36-34-32-30-28-26-18-16-14-12-10-8-6-4-2/h43-45,48-49H,3-42H2,1-2H3,(H,47,50)(H,51,52,53). The number of aliphatic hydroxyl groups excluding tert-OH is 2. The molecule has 0 aliphatic carbocycles. The fraction of sp³-hybridized carbons (Fsp3) is 0.978. The van der Waals surface area contributed by atoms with E-state index >= 15 is 0 Å². The quantitative estimate of drug-likeness (QED) is 0.0360. The molecule has 0 aromatic rings. The lowest BCUT2D eigenvalue weighted by Crippen LogP contribution is -2.50. The maximum absolute atomic E-state index is 12.7. The zero-order chi connectivity index (χ0) is 39.8. The zero-order valence-electron chi connectivity index (χ0n) is 36.0. The summed E-state index contributed by atoms with van der Waals surface area (Å²) in [5.74, 6) is -1.44. The first-order valence-corrected chi connectivity index (χ1v) is 25.4. The van der Waals surface area contributed by atoms with Gasteiger partial charge >= 0.3 is 0 Å². The highest BCUT2D eigenvalue weighted by Crippen LogP contribution is 2.18. The van der Waals surface area contributed by atoms with E-state index in [-0.39, 0.29) is 0 Å². The molecule has 324 valence electrons. The van der Waals surface area contributed by atoms with Crippen LogP contribution in [0.1, 0.15) is 264 Å². The van der Waals surface area contributed by atoms with Crippen LogP contribution in [0.3, 0.4) is 0 Å². The van der Waals surface area contributed by atoms with Gasteiger partial charge < -0.3 is 15.5 Å². The summed E-state index contributed by atoms with van der Waals surface area (Å²) in [6, 6.07) is -1.14. The minimum atomic E-state index is -4.40. The highest BCUT2D eigenvalue weighted by atomic mass is 32.2. The number of amides is 1. The second-order valence-corrected chi connectivity index (χ2v) is 18.4. The van der Waals surface area contributed by atoms with Crippen LogP contribution < -0.4 is 5.32 Å². The van der Waals surface area contributed by atoms with Crippen LogP contribution >= 0.6 is 0 Å². The van der Waals surface area contributed by atoms with Crippen LogP contribution in [-0.2, 0) is 14.9 Å². The highest BCUT2D eigenvalue weighted by molar-refractivity contribution is 7.85. The molecule has 3 atom stereocenters. The maximum Gasteiger partial charge on any atom is 0.266 e. The summed E-state index contributed by atoms with van der Waals surface area (Å²) >= 11 is 0. The van der Waals surface area contributed by atoms with Crippen molar-refractivity contribution in [2.45, 2.75) is 283 Å². The van der Waals surface area contributed by atoms with Crippen molar-refractivity contribution in [3.63, 3.8) is 0 Å². The molecule has 0 bridgehead atoms. The van der Waals surface area contributed by atoms with Crippen LogP contribution in [0.15, 0.2) is 0 Å². The summed E-state index contributed by atoms with van der Waals surface area (Å²) < 4.78 is 32.7. The van der Waals surface area contributed by atoms with Gasteiger partial charge in [0.05, 0.1) is 17.9 Å². The molecular formula is C46H93NO6S. The van der Waals surface area contributed by atoms with Crippen molar-refractivity contribution in [3.05, 3.63) is 0 Å². The van der Waals surface area contributed by atoms with E-state index in [1.165, 1.54) is 193 Å². The molecule has 0 rings (SSSR count). The van der Waals surface area contributed by atoms with Crippen LogP contribution in [0, 0.1) is 0 Å². The minimum Gasteiger partial charge on any atom is -0.391 e. The third kappa shape index (κ3) is 39.5. The molecule has 0 heterocycles. The van der Waals surface area contributed by atoms with E-state index in [9.17, 15) is 28.0 Å². The number of aliphatic hydroxyl groups is 2. The Balaban J connectivity index is 3.82. The first-order chi connectivity index (χ1) is 26.2. The number of unbranched alkanes of at least 4 members (excludes halogenated alkanes) is 35. The van der Waals surface area contributed by atoms with E-state index in [0.717, 1.165) is 44.9 Å². The van der Waals surface area contributed by atoms with Gasteiger partial charge in [-0.15, -0.1) is 0 Å². The van der Waals surface area contributed by atoms with E-state index in [1.54, 1.807) is 0 Å². The molecule has 0 fully saturated rings. The fourth-order valence-electron chi connectivity index (χ4n) is 7.76. The molecule has 0 saturated heterocycles. The third-order valence-corrected chi connectivity index (χ3v) is 12.2. The van der Waals surface area contributed by atoms with Crippen molar-refractivity contribution < 1.29 is 28.0 Å². The molecule has 0 spiro atoms. The van der Waals surface area contributed by atoms with Gasteiger partial charge in [0.25, 0.3) is 10.1 Å². The lowest BCUT2D eigenvalue weighted by Gasteiger charge is -2.24. The largest absolute Gasteiger partial charge is 0.391 e. The highest BCUT2D eigenvalue weighted by Gasteiger charge is 2.28. The van der Waals surface area contributed by atoms with Gasteiger partial charge in [-0.05, 0) is 12.8 Å². The van der Waals surface area contributed by atoms with E-state index < -0.39 is 40.0 Å². The summed E-state index contributed by atoms with van der Waals surface area (Å²) in [6.07, 6.45) is 45.6. The Morgan fingerprint density at radius 2 is 0.667 bits per heavy atom. The molecule has 0 saturated carbocycles. The average molecular weight is 788 g/mol. The molecule has 8 heteroatoms. The molecule has 7 nitrogen and oxygen atoms in total.